The van der Waals surface area contributed by atoms with Crippen LogP contribution < -0.4 is 5.32 Å². The maximum Gasteiger partial charge on any atom is 0.335 e. The number of fused-ring (bicyclic) bond motifs is 1. The van der Waals surface area contributed by atoms with Crippen molar-refractivity contribution in [3.05, 3.63) is 63.0 Å². The van der Waals surface area contributed by atoms with E-state index in [9.17, 15) is 14.7 Å². The van der Waals surface area contributed by atoms with E-state index in [2.05, 4.69) is 26.2 Å². The molecule has 0 aliphatic heterocycles. The van der Waals surface area contributed by atoms with Gasteiger partial charge in [-0.25, -0.2) is 9.78 Å². The second-order valence-electron chi connectivity index (χ2n) is 6.08. The zero-order valence-electron chi connectivity index (χ0n) is 14.6. The fourth-order valence-corrected chi connectivity index (χ4v) is 3.42. The zero-order valence-corrected chi connectivity index (χ0v) is 16.2. The average Bonchev–Trinajstić information content (AvgIpc) is 2.95. The molecule has 0 atom stereocenters. The molecule has 3 rings (SSSR count). The molecule has 6 nitrogen and oxygen atoms in total. The van der Waals surface area contributed by atoms with Gasteiger partial charge in [0.05, 0.1) is 11.3 Å². The summed E-state index contributed by atoms with van der Waals surface area (Å²) in [6.45, 7) is 5.70. The lowest BCUT2D eigenvalue weighted by molar-refractivity contribution is 0.0696. The van der Waals surface area contributed by atoms with Crippen LogP contribution in [-0.4, -0.2) is 26.4 Å². The number of carbonyl (C=O) groups is 2. The van der Waals surface area contributed by atoms with Crippen LogP contribution in [0.15, 0.2) is 34.9 Å². The molecule has 2 N–H and O–H groups in total. The van der Waals surface area contributed by atoms with E-state index >= 15 is 0 Å². The van der Waals surface area contributed by atoms with Crippen LogP contribution in [0.2, 0.25) is 0 Å². The Kier molecular flexibility index (Phi) is 4.82. The minimum atomic E-state index is -1.04. The topological polar surface area (TPSA) is 83.7 Å². The van der Waals surface area contributed by atoms with Gasteiger partial charge in [0.2, 0.25) is 0 Å². The number of aromatic carboxylic acids is 1. The molecule has 1 amide bonds. The number of amides is 1. The number of hydrogen-bond acceptors (Lipinski definition) is 3. The fourth-order valence-electron chi connectivity index (χ4n) is 2.87. The molecule has 1 aromatic carbocycles. The molecule has 2 aromatic heterocycles. The Labute approximate surface area is 159 Å². The number of pyridine rings is 1. The number of aryl methyl sites for hydroxylation is 3. The van der Waals surface area contributed by atoms with E-state index in [1.165, 1.54) is 12.1 Å². The van der Waals surface area contributed by atoms with Crippen molar-refractivity contribution in [2.75, 3.05) is 5.32 Å². The predicted molar refractivity (Wildman–Crippen MR) is 103 cm³/mol. The van der Waals surface area contributed by atoms with Crippen molar-refractivity contribution < 1.29 is 14.7 Å². The number of carbonyl (C=O) groups excluding carboxylic acids is 1. The first kappa shape index (κ1) is 18.1. The monoisotopic (exact) mass is 415 g/mol. The minimum Gasteiger partial charge on any atom is -0.478 e. The van der Waals surface area contributed by atoms with Crippen molar-refractivity contribution in [1.82, 2.24) is 9.38 Å². The maximum atomic E-state index is 13.0. The first-order chi connectivity index (χ1) is 12.3. The third-order valence-electron chi connectivity index (χ3n) is 4.23. The lowest BCUT2D eigenvalue weighted by Crippen LogP contribution is -2.17. The highest BCUT2D eigenvalue weighted by Gasteiger charge is 2.20. The summed E-state index contributed by atoms with van der Waals surface area (Å²) >= 11 is 3.46. The number of hydrogen-bond donors (Lipinski definition) is 2. The van der Waals surface area contributed by atoms with Gasteiger partial charge >= 0.3 is 5.97 Å². The summed E-state index contributed by atoms with van der Waals surface area (Å²) in [5, 5.41) is 12.0. The Morgan fingerprint density at radius 1 is 1.23 bits per heavy atom. The van der Waals surface area contributed by atoms with Crippen molar-refractivity contribution in [2.24, 2.45) is 0 Å². The van der Waals surface area contributed by atoms with E-state index in [0.29, 0.717) is 23.5 Å². The molecule has 2 heterocycles. The second kappa shape index (κ2) is 6.92. The van der Waals surface area contributed by atoms with Crippen LogP contribution in [0.5, 0.6) is 0 Å². The van der Waals surface area contributed by atoms with Gasteiger partial charge in [-0.3, -0.25) is 9.20 Å². The predicted octanol–water partition coefficient (Wildman–Crippen LogP) is 4.23. The molecule has 0 radical (unpaired) electrons. The van der Waals surface area contributed by atoms with Gasteiger partial charge < -0.3 is 10.4 Å². The highest BCUT2D eigenvalue weighted by molar-refractivity contribution is 9.10. The number of nitrogens with zero attached hydrogens (tertiary/aromatic N) is 2. The van der Waals surface area contributed by atoms with Crippen LogP contribution in [0.25, 0.3) is 5.65 Å². The molecule has 7 heteroatoms. The molecule has 0 bridgehead atoms. The van der Waals surface area contributed by atoms with E-state index in [4.69, 9.17) is 0 Å². The van der Waals surface area contributed by atoms with Gasteiger partial charge in [0.15, 0.2) is 0 Å². The molecule has 0 fully saturated rings. The van der Waals surface area contributed by atoms with Crippen molar-refractivity contribution in [2.45, 2.75) is 27.2 Å². The van der Waals surface area contributed by atoms with Gasteiger partial charge in [0.25, 0.3) is 5.91 Å². The van der Waals surface area contributed by atoms with Gasteiger partial charge in [0.1, 0.15) is 11.3 Å². The molecule has 0 unspecified atom stereocenters. The van der Waals surface area contributed by atoms with Crippen LogP contribution in [0.3, 0.4) is 0 Å². The number of halogens is 1. The lowest BCUT2D eigenvalue weighted by Gasteiger charge is -2.10. The number of aromatic nitrogens is 2. The average molecular weight is 416 g/mol. The largest absolute Gasteiger partial charge is 0.478 e. The normalized spacial score (nSPS) is 10.9. The highest BCUT2D eigenvalue weighted by Crippen LogP contribution is 2.23. The van der Waals surface area contributed by atoms with Crippen molar-refractivity contribution in [3.8, 4) is 0 Å². The molecule has 0 aliphatic carbocycles. The van der Waals surface area contributed by atoms with Gasteiger partial charge in [-0.1, -0.05) is 13.0 Å². The molecule has 3 aromatic rings. The zero-order chi connectivity index (χ0) is 19.0. The van der Waals surface area contributed by atoms with E-state index in [0.717, 1.165) is 21.2 Å². The summed E-state index contributed by atoms with van der Waals surface area (Å²) in [7, 11) is 0. The summed E-state index contributed by atoms with van der Waals surface area (Å²) in [4.78, 5) is 28.8. The van der Waals surface area contributed by atoms with E-state index < -0.39 is 5.97 Å². The van der Waals surface area contributed by atoms with Crippen LogP contribution in [0.1, 0.15) is 44.6 Å². The number of carboxylic acid groups (broad SMARTS) is 1. The first-order valence-corrected chi connectivity index (χ1v) is 8.93. The first-order valence-electron chi connectivity index (χ1n) is 8.14. The Morgan fingerprint density at radius 2 is 1.96 bits per heavy atom. The SMILES string of the molecule is CCc1nc2c(C)cc(Br)cn2c1C(=O)Nc1cc(C(=O)O)ccc1C. The number of carboxylic acids is 1. The van der Waals surface area contributed by atoms with Gasteiger partial charge in [-0.2, -0.15) is 0 Å². The molecule has 0 saturated heterocycles. The molecule has 134 valence electrons. The smallest absolute Gasteiger partial charge is 0.335 e. The van der Waals surface area contributed by atoms with Gasteiger partial charge in [0, 0.05) is 16.4 Å². The minimum absolute atomic E-state index is 0.123. The molecular formula is C19H18BrN3O3. The highest BCUT2D eigenvalue weighted by atomic mass is 79.9. The molecule has 26 heavy (non-hydrogen) atoms. The summed E-state index contributed by atoms with van der Waals surface area (Å²) < 4.78 is 2.62. The van der Waals surface area contributed by atoms with Crippen LogP contribution in [0.4, 0.5) is 5.69 Å². The molecule has 0 saturated carbocycles. The van der Waals surface area contributed by atoms with Crippen molar-refractivity contribution in [1.29, 1.82) is 0 Å². The second-order valence-corrected chi connectivity index (χ2v) is 7.00. The van der Waals surface area contributed by atoms with Crippen LogP contribution in [-0.2, 0) is 6.42 Å². The Balaban J connectivity index is 2.08. The number of imidazole rings is 1. The van der Waals surface area contributed by atoms with Crippen molar-refractivity contribution >= 4 is 39.1 Å². The van der Waals surface area contributed by atoms with E-state index in [1.807, 2.05) is 33.0 Å². The molecular weight excluding hydrogens is 398 g/mol. The Hall–Kier alpha value is -2.67. The van der Waals surface area contributed by atoms with Crippen LogP contribution in [0, 0.1) is 13.8 Å². The van der Waals surface area contributed by atoms with Crippen LogP contribution >= 0.6 is 15.9 Å². The summed E-state index contributed by atoms with van der Waals surface area (Å²) in [5.41, 5.74) is 4.20. The summed E-state index contributed by atoms with van der Waals surface area (Å²) in [6, 6.07) is 6.60. The molecule has 0 aliphatic rings. The Morgan fingerprint density at radius 3 is 2.62 bits per heavy atom. The maximum absolute atomic E-state index is 13.0. The molecule has 0 spiro atoms. The van der Waals surface area contributed by atoms with Gasteiger partial charge in [-0.05, 0) is 65.5 Å². The lowest BCUT2D eigenvalue weighted by atomic mass is 10.1. The number of nitrogens with one attached hydrogen (secondary N) is 1. The number of anilines is 1. The standard InChI is InChI=1S/C19H18BrN3O3/c1-4-14-16(23-9-13(20)7-11(3)17(23)21-14)18(24)22-15-8-12(19(25)26)6-5-10(15)2/h5-9H,4H2,1-3H3,(H,22,24)(H,25,26). The quantitative estimate of drug-likeness (QED) is 0.667. The van der Waals surface area contributed by atoms with E-state index in [-0.39, 0.29) is 11.5 Å². The third-order valence-corrected chi connectivity index (χ3v) is 4.66. The third kappa shape index (κ3) is 3.22. The number of rotatable bonds is 4. The van der Waals surface area contributed by atoms with Crippen molar-refractivity contribution in [3.63, 3.8) is 0 Å². The summed E-state index contributed by atoms with van der Waals surface area (Å²) in [5.74, 6) is -1.36. The number of benzene rings is 1. The summed E-state index contributed by atoms with van der Waals surface area (Å²) in [6.07, 6.45) is 2.42. The fraction of sp³-hybridized carbons (Fsp3) is 0.211. The Bertz CT molecular complexity index is 1040. The van der Waals surface area contributed by atoms with Gasteiger partial charge in [-0.15, -0.1) is 0 Å². The van der Waals surface area contributed by atoms with E-state index in [1.54, 1.807) is 10.5 Å².